The fourth-order valence-electron chi connectivity index (χ4n) is 3.01. The molecule has 1 aliphatic rings. The first kappa shape index (κ1) is 24.0. The Morgan fingerprint density at radius 1 is 1.43 bits per heavy atom. The van der Waals surface area contributed by atoms with Crippen LogP contribution in [-0.2, 0) is 4.79 Å². The van der Waals surface area contributed by atoms with E-state index in [1.165, 1.54) is 36.2 Å². The maximum absolute atomic E-state index is 14.7. The number of halogens is 4. The van der Waals surface area contributed by atoms with E-state index in [1.54, 1.807) is 0 Å². The molecule has 1 saturated carbocycles. The van der Waals surface area contributed by atoms with Crippen LogP contribution in [-0.4, -0.2) is 32.7 Å². The molecule has 0 aliphatic heterocycles. The topological polar surface area (TPSA) is 58.4 Å². The molecule has 1 aromatic carbocycles. The SMILES string of the molecule is C=C(Cl)/C=C\C=C(/F)C(CF)[C@@H](CNCC1CC1)C(=O)N(C)c1ccc(N)c(F)c1. The van der Waals surface area contributed by atoms with Crippen molar-refractivity contribution in [2.24, 2.45) is 17.8 Å². The molecule has 0 saturated heterocycles. The van der Waals surface area contributed by atoms with Gasteiger partial charge in [0.15, 0.2) is 0 Å². The minimum Gasteiger partial charge on any atom is -0.396 e. The van der Waals surface area contributed by atoms with Crippen LogP contribution >= 0.6 is 11.6 Å². The van der Waals surface area contributed by atoms with E-state index in [4.69, 9.17) is 17.3 Å². The summed E-state index contributed by atoms with van der Waals surface area (Å²) in [4.78, 5) is 14.3. The number of anilines is 2. The van der Waals surface area contributed by atoms with Crippen molar-refractivity contribution in [1.29, 1.82) is 0 Å². The number of amides is 1. The summed E-state index contributed by atoms with van der Waals surface area (Å²) >= 11 is 5.61. The van der Waals surface area contributed by atoms with Crippen LogP contribution in [0.15, 0.2) is 53.9 Å². The molecule has 0 bridgehead atoms. The number of nitrogens with zero attached hydrogens (tertiary/aromatic N) is 1. The van der Waals surface area contributed by atoms with Crippen molar-refractivity contribution in [3.8, 4) is 0 Å². The minimum absolute atomic E-state index is 0.0504. The van der Waals surface area contributed by atoms with Gasteiger partial charge >= 0.3 is 0 Å². The highest BCUT2D eigenvalue weighted by Crippen LogP contribution is 2.30. The molecule has 0 aromatic heterocycles. The molecule has 1 aliphatic carbocycles. The molecule has 2 atom stereocenters. The second-order valence-corrected chi connectivity index (χ2v) is 7.91. The van der Waals surface area contributed by atoms with Crippen molar-refractivity contribution in [2.45, 2.75) is 12.8 Å². The Hall–Kier alpha value is -2.25. The molecular weight excluding hydrogens is 415 g/mol. The van der Waals surface area contributed by atoms with Gasteiger partial charge in [-0.25, -0.2) is 8.78 Å². The third-order valence-corrected chi connectivity index (χ3v) is 5.18. The predicted molar refractivity (Wildman–Crippen MR) is 116 cm³/mol. The van der Waals surface area contributed by atoms with E-state index in [9.17, 15) is 18.0 Å². The van der Waals surface area contributed by atoms with Gasteiger partial charge in [-0.1, -0.05) is 24.3 Å². The van der Waals surface area contributed by atoms with Gasteiger partial charge in [0.25, 0.3) is 0 Å². The van der Waals surface area contributed by atoms with Gasteiger partial charge in [-0.2, -0.15) is 0 Å². The highest BCUT2D eigenvalue weighted by atomic mass is 35.5. The number of rotatable bonds is 11. The Morgan fingerprint density at radius 2 is 2.13 bits per heavy atom. The Bertz CT molecular complexity index is 824. The van der Waals surface area contributed by atoms with Crippen molar-refractivity contribution in [3.63, 3.8) is 0 Å². The first-order valence-electron chi connectivity index (χ1n) is 9.72. The average Bonchev–Trinajstić information content (AvgIpc) is 3.52. The molecule has 1 fully saturated rings. The second-order valence-electron chi connectivity index (χ2n) is 7.43. The van der Waals surface area contributed by atoms with Crippen molar-refractivity contribution >= 4 is 28.9 Å². The third kappa shape index (κ3) is 6.92. The highest BCUT2D eigenvalue weighted by Gasteiger charge is 2.34. The molecule has 2 rings (SSSR count). The number of hydrogen-bond donors (Lipinski definition) is 2. The van der Waals surface area contributed by atoms with Gasteiger partial charge in [0, 0.05) is 24.3 Å². The number of nitrogen functional groups attached to an aromatic ring is 1. The largest absolute Gasteiger partial charge is 0.396 e. The van der Waals surface area contributed by atoms with Crippen LogP contribution in [0.5, 0.6) is 0 Å². The third-order valence-electron chi connectivity index (χ3n) is 5.05. The maximum Gasteiger partial charge on any atom is 0.231 e. The molecule has 0 radical (unpaired) electrons. The first-order valence-corrected chi connectivity index (χ1v) is 10.1. The number of carbonyl (C=O) groups excluding carboxylic acids is 1. The fraction of sp³-hybridized carbons (Fsp3) is 0.409. The molecule has 1 aromatic rings. The molecule has 1 unspecified atom stereocenters. The summed E-state index contributed by atoms with van der Waals surface area (Å²) in [6.45, 7) is 3.17. The summed E-state index contributed by atoms with van der Waals surface area (Å²) in [6.07, 6.45) is 5.95. The number of alkyl halides is 1. The van der Waals surface area contributed by atoms with Gasteiger partial charge < -0.3 is 16.0 Å². The predicted octanol–water partition coefficient (Wildman–Crippen LogP) is 4.73. The lowest BCUT2D eigenvalue weighted by molar-refractivity contribution is -0.123. The lowest BCUT2D eigenvalue weighted by atomic mass is 9.90. The fourth-order valence-corrected chi connectivity index (χ4v) is 3.08. The van der Waals surface area contributed by atoms with Crippen LogP contribution in [0.3, 0.4) is 0 Å². The zero-order valence-corrected chi connectivity index (χ0v) is 17.6. The average molecular weight is 442 g/mol. The van der Waals surface area contributed by atoms with Crippen molar-refractivity contribution in [1.82, 2.24) is 5.32 Å². The molecule has 0 heterocycles. The molecule has 1 amide bonds. The van der Waals surface area contributed by atoms with E-state index in [2.05, 4.69) is 11.9 Å². The molecule has 0 spiro atoms. The van der Waals surface area contributed by atoms with Crippen molar-refractivity contribution in [3.05, 3.63) is 59.7 Å². The monoisotopic (exact) mass is 441 g/mol. The van der Waals surface area contributed by atoms with E-state index in [1.807, 2.05) is 0 Å². The van der Waals surface area contributed by atoms with E-state index in [0.29, 0.717) is 12.5 Å². The summed E-state index contributed by atoms with van der Waals surface area (Å²) in [5, 5.41) is 3.34. The van der Waals surface area contributed by atoms with Gasteiger partial charge in [0.05, 0.1) is 24.2 Å². The Labute approximate surface area is 180 Å². The number of benzene rings is 1. The maximum atomic E-state index is 14.7. The van der Waals surface area contributed by atoms with Gasteiger partial charge in [0.1, 0.15) is 11.6 Å². The van der Waals surface area contributed by atoms with Crippen LogP contribution in [0, 0.1) is 23.6 Å². The summed E-state index contributed by atoms with van der Waals surface area (Å²) in [5.74, 6) is -3.77. The van der Waals surface area contributed by atoms with E-state index >= 15 is 0 Å². The van der Waals surface area contributed by atoms with Crippen LogP contribution < -0.4 is 16.0 Å². The summed E-state index contributed by atoms with van der Waals surface area (Å²) in [7, 11) is 1.44. The Kier molecular flexibility index (Phi) is 8.99. The van der Waals surface area contributed by atoms with Crippen LogP contribution in [0.1, 0.15) is 12.8 Å². The molecule has 164 valence electrons. The van der Waals surface area contributed by atoms with Gasteiger partial charge in [-0.15, -0.1) is 0 Å². The van der Waals surface area contributed by atoms with Crippen LogP contribution in [0.25, 0.3) is 0 Å². The lowest BCUT2D eigenvalue weighted by Gasteiger charge is -2.28. The van der Waals surface area contributed by atoms with Gasteiger partial charge in [-0.3, -0.25) is 9.18 Å². The number of nitrogens with two attached hydrogens (primary N) is 1. The van der Waals surface area contributed by atoms with E-state index in [-0.39, 0.29) is 23.0 Å². The normalized spacial score (nSPS) is 16.5. The van der Waals surface area contributed by atoms with Crippen molar-refractivity contribution in [2.75, 3.05) is 37.4 Å². The summed E-state index contributed by atoms with van der Waals surface area (Å²) < 4.78 is 42.4. The Balaban J connectivity index is 2.24. The molecule has 8 heteroatoms. The summed E-state index contributed by atoms with van der Waals surface area (Å²) in [6, 6.07) is 3.94. The smallest absolute Gasteiger partial charge is 0.231 e. The highest BCUT2D eigenvalue weighted by molar-refractivity contribution is 6.30. The van der Waals surface area contributed by atoms with Gasteiger partial charge in [0.2, 0.25) is 5.91 Å². The Morgan fingerprint density at radius 3 is 2.70 bits per heavy atom. The van der Waals surface area contributed by atoms with Crippen LogP contribution in [0.4, 0.5) is 24.5 Å². The summed E-state index contributed by atoms with van der Waals surface area (Å²) in [5.41, 5.74) is 5.68. The second kappa shape index (κ2) is 11.2. The number of allylic oxidation sites excluding steroid dienone is 5. The van der Waals surface area contributed by atoms with Crippen molar-refractivity contribution < 1.29 is 18.0 Å². The standard InChI is InChI=1S/C22H27ClF3N3O/c1-14(23)4-3-5-19(25)17(11-24)18(13-28-12-15-6-7-15)22(30)29(2)16-8-9-21(27)20(26)10-16/h3-5,8-10,15,17-18,28H,1,6-7,11-13,27H2,2H3/b4-3-,19-5-/t17?,18-/m1/s1. The lowest BCUT2D eigenvalue weighted by Crippen LogP contribution is -2.43. The quantitative estimate of drug-likeness (QED) is 0.385. The molecule has 4 nitrogen and oxygen atoms in total. The number of carbonyl (C=O) groups is 1. The van der Waals surface area contributed by atoms with Crippen LogP contribution in [0.2, 0.25) is 0 Å². The molecular formula is C22H27ClF3N3O. The zero-order chi connectivity index (χ0) is 22.3. The molecule has 30 heavy (non-hydrogen) atoms. The van der Waals surface area contributed by atoms with E-state index in [0.717, 1.165) is 25.0 Å². The number of hydrogen-bond acceptors (Lipinski definition) is 3. The minimum atomic E-state index is -1.29. The van der Waals surface area contributed by atoms with Gasteiger partial charge in [-0.05, 0) is 55.7 Å². The molecule has 3 N–H and O–H groups in total. The first-order chi connectivity index (χ1) is 14.2. The number of nitrogens with one attached hydrogen (secondary N) is 1. The van der Waals surface area contributed by atoms with E-state index < -0.39 is 36.1 Å². The zero-order valence-electron chi connectivity index (χ0n) is 16.9.